The average Bonchev–Trinajstić information content (AvgIpc) is 2.85. The number of ether oxygens (including phenoxy) is 1. The van der Waals surface area contributed by atoms with E-state index in [1.54, 1.807) is 36.4 Å². The van der Waals surface area contributed by atoms with Crippen LogP contribution in [0.1, 0.15) is 24.5 Å². The summed E-state index contributed by atoms with van der Waals surface area (Å²) in [6, 6.07) is 21.4. The smallest absolute Gasteiger partial charge is 0.261 e. The molecule has 0 saturated heterocycles. The second-order valence-electron chi connectivity index (χ2n) is 7.89. The number of carbonyl (C=O) groups excluding carboxylic acids is 2. The number of nitrogens with one attached hydrogen (secondary N) is 1. The zero-order valence-electron chi connectivity index (χ0n) is 19.0. The van der Waals surface area contributed by atoms with Gasteiger partial charge in [-0.25, -0.2) is 4.39 Å². The van der Waals surface area contributed by atoms with Gasteiger partial charge in [0.1, 0.15) is 17.6 Å². The summed E-state index contributed by atoms with van der Waals surface area (Å²) in [5.74, 6) is -0.522. The fourth-order valence-electron chi connectivity index (χ4n) is 3.49. The number of hydrogen-bond donors (Lipinski definition) is 1. The first-order valence-electron chi connectivity index (χ1n) is 11.2. The molecule has 5 nitrogen and oxygen atoms in total. The van der Waals surface area contributed by atoms with Gasteiger partial charge in [0.05, 0.1) is 0 Å². The Bertz CT molecular complexity index is 1080. The molecule has 0 aliphatic rings. The molecule has 0 aromatic heterocycles. The summed E-state index contributed by atoms with van der Waals surface area (Å²) in [5, 5.41) is 3.41. The highest BCUT2D eigenvalue weighted by Gasteiger charge is 2.30. The van der Waals surface area contributed by atoms with Crippen molar-refractivity contribution in [3.63, 3.8) is 0 Å². The van der Waals surface area contributed by atoms with E-state index in [1.807, 2.05) is 37.3 Å². The lowest BCUT2D eigenvalue weighted by atomic mass is 10.0. The molecule has 7 heteroatoms. The molecule has 3 aromatic carbocycles. The third kappa shape index (κ3) is 7.59. The van der Waals surface area contributed by atoms with E-state index < -0.39 is 6.04 Å². The third-order valence-electron chi connectivity index (χ3n) is 5.24. The number of carbonyl (C=O) groups is 2. The predicted molar refractivity (Wildman–Crippen MR) is 131 cm³/mol. The minimum atomic E-state index is -0.769. The van der Waals surface area contributed by atoms with Crippen molar-refractivity contribution in [2.24, 2.45) is 0 Å². The first-order chi connectivity index (χ1) is 16.5. The van der Waals surface area contributed by atoms with Crippen LogP contribution < -0.4 is 10.1 Å². The van der Waals surface area contributed by atoms with Crippen LogP contribution in [0.25, 0.3) is 0 Å². The lowest BCUT2D eigenvalue weighted by Crippen LogP contribution is -2.51. The molecule has 1 unspecified atom stereocenters. The molecule has 1 N–H and O–H groups in total. The van der Waals surface area contributed by atoms with Gasteiger partial charge in [-0.05, 0) is 47.9 Å². The van der Waals surface area contributed by atoms with Crippen LogP contribution in [0.15, 0.2) is 78.9 Å². The molecule has 0 saturated carbocycles. The van der Waals surface area contributed by atoms with Gasteiger partial charge in [0.25, 0.3) is 5.91 Å². The monoisotopic (exact) mass is 482 g/mol. The molecule has 2 amide bonds. The van der Waals surface area contributed by atoms with Crippen molar-refractivity contribution in [1.29, 1.82) is 0 Å². The topological polar surface area (TPSA) is 58.6 Å². The standard InChI is InChI=1S/C27H28ClFN2O3/c1-2-15-30-27(33)25(16-20-7-4-3-5-8-20)31(18-21-11-13-23(29)14-12-21)26(32)19-34-24-10-6-9-22(28)17-24/h3-14,17,25H,2,15-16,18-19H2,1H3,(H,30,33). The number of rotatable bonds is 11. The molecule has 0 aliphatic carbocycles. The summed E-state index contributed by atoms with van der Waals surface area (Å²) in [5.41, 5.74) is 1.63. The molecular weight excluding hydrogens is 455 g/mol. The maximum Gasteiger partial charge on any atom is 0.261 e. The SMILES string of the molecule is CCCNC(=O)C(Cc1ccccc1)N(Cc1ccc(F)cc1)C(=O)COc1cccc(Cl)c1. The van der Waals surface area contributed by atoms with Crippen molar-refractivity contribution in [3.05, 3.63) is 101 Å². The molecule has 0 spiro atoms. The Labute approximate surface area is 204 Å². The summed E-state index contributed by atoms with van der Waals surface area (Å²) in [7, 11) is 0. The van der Waals surface area contributed by atoms with E-state index in [9.17, 15) is 14.0 Å². The second-order valence-corrected chi connectivity index (χ2v) is 8.33. The second kappa shape index (κ2) is 12.8. The Morgan fingerprint density at radius 2 is 1.74 bits per heavy atom. The van der Waals surface area contributed by atoms with Crippen LogP contribution in [0.5, 0.6) is 5.75 Å². The maximum atomic E-state index is 13.5. The van der Waals surface area contributed by atoms with E-state index in [0.717, 1.165) is 12.0 Å². The van der Waals surface area contributed by atoms with Gasteiger partial charge in [-0.3, -0.25) is 9.59 Å². The summed E-state index contributed by atoms with van der Waals surface area (Å²) in [6.45, 7) is 2.33. The van der Waals surface area contributed by atoms with Crippen molar-refractivity contribution >= 4 is 23.4 Å². The zero-order chi connectivity index (χ0) is 24.3. The van der Waals surface area contributed by atoms with E-state index in [1.165, 1.54) is 17.0 Å². The van der Waals surface area contributed by atoms with E-state index in [4.69, 9.17) is 16.3 Å². The van der Waals surface area contributed by atoms with Crippen LogP contribution >= 0.6 is 11.6 Å². The van der Waals surface area contributed by atoms with Crippen LogP contribution in [-0.2, 0) is 22.6 Å². The highest BCUT2D eigenvalue weighted by atomic mass is 35.5. The zero-order valence-corrected chi connectivity index (χ0v) is 19.8. The highest BCUT2D eigenvalue weighted by molar-refractivity contribution is 6.30. The average molecular weight is 483 g/mol. The molecule has 3 rings (SSSR count). The summed E-state index contributed by atoms with van der Waals surface area (Å²) in [6.07, 6.45) is 1.11. The lowest BCUT2D eigenvalue weighted by molar-refractivity contribution is -0.142. The number of nitrogens with zero attached hydrogens (tertiary/aromatic N) is 1. The number of benzene rings is 3. The Morgan fingerprint density at radius 3 is 2.41 bits per heavy atom. The van der Waals surface area contributed by atoms with Crippen molar-refractivity contribution in [2.45, 2.75) is 32.4 Å². The van der Waals surface area contributed by atoms with Crippen molar-refractivity contribution in [3.8, 4) is 5.75 Å². The fraction of sp³-hybridized carbons (Fsp3) is 0.259. The van der Waals surface area contributed by atoms with Gasteiger partial charge in [0.2, 0.25) is 5.91 Å². The minimum absolute atomic E-state index is 0.134. The highest BCUT2D eigenvalue weighted by Crippen LogP contribution is 2.19. The molecule has 0 radical (unpaired) electrons. The molecule has 0 aliphatic heterocycles. The van der Waals surface area contributed by atoms with Gasteiger partial charge in [0.15, 0.2) is 6.61 Å². The molecule has 0 heterocycles. The number of hydrogen-bond acceptors (Lipinski definition) is 3. The van der Waals surface area contributed by atoms with Crippen LogP contribution in [0.3, 0.4) is 0 Å². The molecule has 178 valence electrons. The van der Waals surface area contributed by atoms with E-state index >= 15 is 0 Å². The Morgan fingerprint density at radius 1 is 1.00 bits per heavy atom. The Kier molecular flexibility index (Phi) is 9.47. The molecule has 34 heavy (non-hydrogen) atoms. The molecule has 0 fully saturated rings. The largest absolute Gasteiger partial charge is 0.484 e. The number of amides is 2. The van der Waals surface area contributed by atoms with Crippen LogP contribution in [0, 0.1) is 5.82 Å². The predicted octanol–water partition coefficient (Wildman–Crippen LogP) is 5.02. The quantitative estimate of drug-likeness (QED) is 0.417. The van der Waals surface area contributed by atoms with Gasteiger partial charge < -0.3 is 15.0 Å². The summed E-state index contributed by atoms with van der Waals surface area (Å²) in [4.78, 5) is 28.1. The molecule has 0 bridgehead atoms. The molecular formula is C27H28ClFN2O3. The van der Waals surface area contributed by atoms with Crippen molar-refractivity contribution < 1.29 is 18.7 Å². The van der Waals surface area contributed by atoms with Gasteiger partial charge in [0, 0.05) is 24.5 Å². The Hall–Kier alpha value is -3.38. The van der Waals surface area contributed by atoms with Crippen LogP contribution in [0.4, 0.5) is 4.39 Å². The van der Waals surface area contributed by atoms with Gasteiger partial charge in [-0.1, -0.05) is 67.1 Å². The molecule has 1 atom stereocenters. The minimum Gasteiger partial charge on any atom is -0.484 e. The fourth-order valence-corrected chi connectivity index (χ4v) is 3.67. The maximum absolute atomic E-state index is 13.5. The van der Waals surface area contributed by atoms with E-state index in [-0.39, 0.29) is 30.8 Å². The Balaban J connectivity index is 1.88. The lowest BCUT2D eigenvalue weighted by Gasteiger charge is -2.31. The van der Waals surface area contributed by atoms with Crippen molar-refractivity contribution in [2.75, 3.05) is 13.2 Å². The summed E-state index contributed by atoms with van der Waals surface area (Å²) < 4.78 is 19.1. The molecule has 3 aromatic rings. The van der Waals surface area contributed by atoms with Crippen LogP contribution in [-0.4, -0.2) is 35.9 Å². The van der Waals surface area contributed by atoms with Crippen LogP contribution in [0.2, 0.25) is 5.02 Å². The van der Waals surface area contributed by atoms with Gasteiger partial charge in [-0.15, -0.1) is 0 Å². The third-order valence-corrected chi connectivity index (χ3v) is 5.48. The summed E-state index contributed by atoms with van der Waals surface area (Å²) >= 11 is 6.01. The van der Waals surface area contributed by atoms with Crippen molar-refractivity contribution in [1.82, 2.24) is 10.2 Å². The first-order valence-corrected chi connectivity index (χ1v) is 11.6. The number of halogens is 2. The normalized spacial score (nSPS) is 11.5. The first kappa shape index (κ1) is 25.2. The van der Waals surface area contributed by atoms with E-state index in [2.05, 4.69) is 5.32 Å². The van der Waals surface area contributed by atoms with Gasteiger partial charge in [-0.2, -0.15) is 0 Å². The van der Waals surface area contributed by atoms with Gasteiger partial charge >= 0.3 is 0 Å². The van der Waals surface area contributed by atoms with E-state index in [0.29, 0.717) is 29.3 Å².